The summed E-state index contributed by atoms with van der Waals surface area (Å²) in [5.41, 5.74) is 0.179. The molecule has 0 saturated heterocycles. The van der Waals surface area contributed by atoms with Gasteiger partial charge in [0.15, 0.2) is 0 Å². The van der Waals surface area contributed by atoms with Gasteiger partial charge in [-0.2, -0.15) is 0 Å². The predicted molar refractivity (Wildman–Crippen MR) is 62.5 cm³/mol. The Hall–Kier alpha value is -0.960. The molecule has 1 aromatic rings. The van der Waals surface area contributed by atoms with Crippen molar-refractivity contribution in [1.82, 2.24) is 5.32 Å². The van der Waals surface area contributed by atoms with E-state index in [4.69, 9.17) is 0 Å². The van der Waals surface area contributed by atoms with E-state index in [1.165, 1.54) is 18.2 Å². The van der Waals surface area contributed by atoms with Gasteiger partial charge in [0.1, 0.15) is 11.6 Å². The molecular formula is C13H19F2N. The summed E-state index contributed by atoms with van der Waals surface area (Å²) in [5, 5.41) is 3.20. The average Bonchev–Trinajstić information content (AvgIpc) is 2.16. The minimum absolute atomic E-state index is 0.153. The molecule has 1 N–H and O–H groups in total. The van der Waals surface area contributed by atoms with Crippen LogP contribution >= 0.6 is 0 Å². The van der Waals surface area contributed by atoms with Crippen molar-refractivity contribution in [2.75, 3.05) is 13.1 Å². The zero-order valence-electron chi connectivity index (χ0n) is 10.1. The summed E-state index contributed by atoms with van der Waals surface area (Å²) in [6.07, 6.45) is 0. The Morgan fingerprint density at radius 2 is 1.62 bits per heavy atom. The molecule has 0 aromatic heterocycles. The van der Waals surface area contributed by atoms with Crippen LogP contribution in [0.3, 0.4) is 0 Å². The van der Waals surface area contributed by atoms with Crippen LogP contribution in [-0.2, 0) is 0 Å². The highest BCUT2D eigenvalue weighted by atomic mass is 19.1. The maximum atomic E-state index is 13.4. The van der Waals surface area contributed by atoms with Crippen LogP contribution in [0.1, 0.15) is 32.3 Å². The number of halogens is 2. The van der Waals surface area contributed by atoms with Crippen LogP contribution in [-0.4, -0.2) is 13.1 Å². The Bertz CT molecular complexity index is 316. The maximum absolute atomic E-state index is 13.4. The van der Waals surface area contributed by atoms with Gasteiger partial charge in [-0.15, -0.1) is 0 Å². The van der Waals surface area contributed by atoms with Gasteiger partial charge in [-0.1, -0.05) is 26.8 Å². The van der Waals surface area contributed by atoms with Crippen LogP contribution in [0.5, 0.6) is 0 Å². The summed E-state index contributed by atoms with van der Waals surface area (Å²) in [6, 6.07) is 4.00. The van der Waals surface area contributed by atoms with Crippen LogP contribution in [0.2, 0.25) is 0 Å². The van der Waals surface area contributed by atoms with Gasteiger partial charge < -0.3 is 5.32 Å². The second-order valence-electron chi connectivity index (χ2n) is 4.59. The molecular weight excluding hydrogens is 208 g/mol. The first-order valence-corrected chi connectivity index (χ1v) is 5.67. The molecule has 1 unspecified atom stereocenters. The Morgan fingerprint density at radius 3 is 2.12 bits per heavy atom. The van der Waals surface area contributed by atoms with E-state index in [-0.39, 0.29) is 11.5 Å². The Balaban J connectivity index is 2.62. The smallest absolute Gasteiger partial charge is 0.129 e. The van der Waals surface area contributed by atoms with Crippen LogP contribution in [0.15, 0.2) is 18.2 Å². The van der Waals surface area contributed by atoms with Crippen molar-refractivity contribution < 1.29 is 8.78 Å². The fourth-order valence-electron chi connectivity index (χ4n) is 1.67. The average molecular weight is 227 g/mol. The molecule has 0 bridgehead atoms. The normalized spacial score (nSPS) is 13.1. The molecule has 1 atom stereocenters. The first-order valence-electron chi connectivity index (χ1n) is 5.67. The third-order valence-electron chi connectivity index (χ3n) is 2.50. The van der Waals surface area contributed by atoms with Gasteiger partial charge in [-0.25, -0.2) is 8.78 Å². The van der Waals surface area contributed by atoms with Gasteiger partial charge in [0.05, 0.1) is 0 Å². The van der Waals surface area contributed by atoms with Gasteiger partial charge in [0.2, 0.25) is 0 Å². The van der Waals surface area contributed by atoms with Crippen molar-refractivity contribution in [1.29, 1.82) is 0 Å². The van der Waals surface area contributed by atoms with Crippen molar-refractivity contribution in [2.24, 2.45) is 5.92 Å². The summed E-state index contributed by atoms with van der Waals surface area (Å²) in [6.45, 7) is 7.48. The lowest BCUT2D eigenvalue weighted by Gasteiger charge is -2.15. The molecule has 90 valence electrons. The van der Waals surface area contributed by atoms with Crippen molar-refractivity contribution in [3.05, 3.63) is 35.4 Å². The monoisotopic (exact) mass is 227 g/mol. The lowest BCUT2D eigenvalue weighted by Crippen LogP contribution is -2.25. The molecule has 3 heteroatoms. The minimum Gasteiger partial charge on any atom is -0.316 e. The van der Waals surface area contributed by atoms with Crippen LogP contribution in [0.25, 0.3) is 0 Å². The number of nitrogens with one attached hydrogen (secondary N) is 1. The van der Waals surface area contributed by atoms with Crippen molar-refractivity contribution in [3.8, 4) is 0 Å². The third kappa shape index (κ3) is 3.56. The van der Waals surface area contributed by atoms with Crippen LogP contribution in [0, 0.1) is 17.6 Å². The summed E-state index contributed by atoms with van der Waals surface area (Å²) >= 11 is 0. The fourth-order valence-corrected chi connectivity index (χ4v) is 1.67. The standard InChI is InChI=1S/C13H19F2N/c1-9(2)7-16-8-10(3)13-11(14)5-4-6-12(13)15/h4-6,9-10,16H,7-8H2,1-3H3. The molecule has 1 nitrogen and oxygen atoms in total. The van der Waals surface area contributed by atoms with E-state index < -0.39 is 11.6 Å². The largest absolute Gasteiger partial charge is 0.316 e. The topological polar surface area (TPSA) is 12.0 Å². The van der Waals surface area contributed by atoms with Gasteiger partial charge in [0.25, 0.3) is 0 Å². The molecule has 1 aromatic carbocycles. The van der Waals surface area contributed by atoms with E-state index in [9.17, 15) is 8.78 Å². The molecule has 1 rings (SSSR count). The molecule has 0 aliphatic rings. The summed E-state index contributed by atoms with van der Waals surface area (Å²) in [7, 11) is 0. The van der Waals surface area contributed by atoms with Gasteiger partial charge in [0, 0.05) is 12.1 Å². The van der Waals surface area contributed by atoms with Crippen LogP contribution < -0.4 is 5.32 Å². The quantitative estimate of drug-likeness (QED) is 0.813. The van der Waals surface area contributed by atoms with Gasteiger partial charge >= 0.3 is 0 Å². The van der Waals surface area contributed by atoms with E-state index in [0.29, 0.717) is 12.5 Å². The molecule has 0 saturated carbocycles. The minimum atomic E-state index is -0.459. The first kappa shape index (κ1) is 13.1. The molecule has 16 heavy (non-hydrogen) atoms. The SMILES string of the molecule is CC(C)CNCC(C)c1c(F)cccc1F. The first-order chi connectivity index (χ1) is 7.52. The molecule has 0 aliphatic carbocycles. The zero-order valence-corrected chi connectivity index (χ0v) is 10.1. The predicted octanol–water partition coefficient (Wildman–Crippen LogP) is 3.31. The van der Waals surface area contributed by atoms with E-state index >= 15 is 0 Å². The summed E-state index contributed by atoms with van der Waals surface area (Å²) in [5.74, 6) is -0.532. The van der Waals surface area contributed by atoms with Crippen LogP contribution in [0.4, 0.5) is 8.78 Å². The van der Waals surface area contributed by atoms with E-state index in [2.05, 4.69) is 19.2 Å². The van der Waals surface area contributed by atoms with Crippen molar-refractivity contribution in [2.45, 2.75) is 26.7 Å². The van der Waals surface area contributed by atoms with Gasteiger partial charge in [-0.05, 0) is 30.5 Å². The second kappa shape index (κ2) is 5.94. The molecule has 0 spiro atoms. The van der Waals surface area contributed by atoms with Crippen molar-refractivity contribution >= 4 is 0 Å². The molecule has 0 aliphatic heterocycles. The second-order valence-corrected chi connectivity index (χ2v) is 4.59. The maximum Gasteiger partial charge on any atom is 0.129 e. The number of rotatable bonds is 5. The Morgan fingerprint density at radius 1 is 1.06 bits per heavy atom. The number of hydrogen-bond donors (Lipinski definition) is 1. The third-order valence-corrected chi connectivity index (χ3v) is 2.50. The zero-order chi connectivity index (χ0) is 12.1. The van der Waals surface area contributed by atoms with Crippen molar-refractivity contribution in [3.63, 3.8) is 0 Å². The lowest BCUT2D eigenvalue weighted by atomic mass is 9.99. The molecule has 0 radical (unpaired) electrons. The summed E-state index contributed by atoms with van der Waals surface area (Å²) in [4.78, 5) is 0. The molecule has 0 heterocycles. The Kier molecular flexibility index (Phi) is 4.87. The number of benzene rings is 1. The highest BCUT2D eigenvalue weighted by Gasteiger charge is 2.15. The lowest BCUT2D eigenvalue weighted by molar-refractivity contribution is 0.492. The fraction of sp³-hybridized carbons (Fsp3) is 0.538. The number of hydrogen-bond acceptors (Lipinski definition) is 1. The van der Waals surface area contributed by atoms with Gasteiger partial charge in [-0.3, -0.25) is 0 Å². The highest BCUT2D eigenvalue weighted by Crippen LogP contribution is 2.21. The van der Waals surface area contributed by atoms with E-state index in [0.717, 1.165) is 6.54 Å². The van der Waals surface area contributed by atoms with E-state index in [1.807, 2.05) is 6.92 Å². The molecule has 0 amide bonds. The summed E-state index contributed by atoms with van der Waals surface area (Å²) < 4.78 is 26.8. The highest BCUT2D eigenvalue weighted by molar-refractivity contribution is 5.23. The Labute approximate surface area is 95.9 Å². The van der Waals surface area contributed by atoms with E-state index in [1.54, 1.807) is 0 Å². The molecule has 0 fully saturated rings.